The van der Waals surface area contributed by atoms with Crippen molar-refractivity contribution in [3.05, 3.63) is 0 Å². The van der Waals surface area contributed by atoms with E-state index in [1.807, 2.05) is 0 Å². The number of nitrogens with zero attached hydrogens (tertiary/aromatic N) is 1. The summed E-state index contributed by atoms with van der Waals surface area (Å²) >= 11 is 0. The number of ether oxygens (including phenoxy) is 1. The minimum atomic E-state index is -0.605. The molecule has 2 saturated heterocycles. The first-order chi connectivity index (χ1) is 8.59. The van der Waals surface area contributed by atoms with Crippen molar-refractivity contribution in [2.75, 3.05) is 26.3 Å². The van der Waals surface area contributed by atoms with E-state index in [2.05, 4.69) is 18.7 Å². The lowest BCUT2D eigenvalue weighted by Crippen LogP contribution is -2.45. The van der Waals surface area contributed by atoms with Gasteiger partial charge in [-0.2, -0.15) is 0 Å². The van der Waals surface area contributed by atoms with Crippen LogP contribution < -0.4 is 0 Å². The molecular weight excluding hydrogens is 230 g/mol. The summed E-state index contributed by atoms with van der Waals surface area (Å²) < 4.78 is 5.48. The molecule has 1 N–H and O–H groups in total. The zero-order valence-electron chi connectivity index (χ0n) is 11.5. The third-order valence-electron chi connectivity index (χ3n) is 4.63. The third kappa shape index (κ3) is 2.54. The van der Waals surface area contributed by atoms with E-state index >= 15 is 0 Å². The molecule has 0 aromatic heterocycles. The molecule has 0 spiro atoms. The Morgan fingerprint density at radius 2 is 2.33 bits per heavy atom. The smallest absolute Gasteiger partial charge is 0.310 e. The topological polar surface area (TPSA) is 49.8 Å². The van der Waals surface area contributed by atoms with E-state index in [4.69, 9.17) is 4.74 Å². The van der Waals surface area contributed by atoms with E-state index in [1.165, 1.54) is 0 Å². The summed E-state index contributed by atoms with van der Waals surface area (Å²) in [5, 5.41) is 9.53. The van der Waals surface area contributed by atoms with Gasteiger partial charge >= 0.3 is 5.97 Å². The SMILES string of the molecule is CCCC1(C(=O)O)CCN(C2CCOCC2C)C1. The van der Waals surface area contributed by atoms with E-state index in [0.29, 0.717) is 12.0 Å². The van der Waals surface area contributed by atoms with Crippen molar-refractivity contribution in [1.82, 2.24) is 4.90 Å². The molecule has 2 aliphatic heterocycles. The molecule has 0 aromatic carbocycles. The van der Waals surface area contributed by atoms with Crippen LogP contribution in [0.15, 0.2) is 0 Å². The summed E-state index contributed by atoms with van der Waals surface area (Å²) in [7, 11) is 0. The average Bonchev–Trinajstić information content (AvgIpc) is 2.76. The van der Waals surface area contributed by atoms with Gasteiger partial charge in [-0.1, -0.05) is 20.3 Å². The second-order valence-corrected chi connectivity index (χ2v) is 5.96. The molecule has 2 rings (SSSR count). The molecule has 3 atom stereocenters. The summed E-state index contributed by atoms with van der Waals surface area (Å²) in [6.45, 7) is 7.58. The van der Waals surface area contributed by atoms with E-state index in [9.17, 15) is 9.90 Å². The van der Waals surface area contributed by atoms with E-state index in [0.717, 1.165) is 52.0 Å². The lowest BCUT2D eigenvalue weighted by Gasteiger charge is -2.37. The molecule has 18 heavy (non-hydrogen) atoms. The number of aliphatic carboxylic acids is 1. The molecule has 0 saturated carbocycles. The standard InChI is InChI=1S/C14H25NO3/c1-3-5-14(13(16)17)6-7-15(10-14)12-4-8-18-9-11(12)2/h11-12H,3-10H2,1-2H3,(H,16,17). The third-order valence-corrected chi connectivity index (χ3v) is 4.63. The molecule has 4 heteroatoms. The van der Waals surface area contributed by atoms with Gasteiger partial charge in [0, 0.05) is 19.2 Å². The summed E-state index contributed by atoms with van der Waals surface area (Å²) in [4.78, 5) is 14.0. The molecule has 104 valence electrons. The molecule has 4 nitrogen and oxygen atoms in total. The predicted molar refractivity (Wildman–Crippen MR) is 69.6 cm³/mol. The van der Waals surface area contributed by atoms with Gasteiger partial charge in [0.15, 0.2) is 0 Å². The maximum atomic E-state index is 11.6. The van der Waals surface area contributed by atoms with Crippen LogP contribution in [0.25, 0.3) is 0 Å². The number of rotatable bonds is 4. The lowest BCUT2D eigenvalue weighted by atomic mass is 9.82. The first kappa shape index (κ1) is 13.8. The Morgan fingerprint density at radius 3 is 2.94 bits per heavy atom. The number of hydrogen-bond donors (Lipinski definition) is 1. The molecule has 0 aliphatic carbocycles. The number of carboxylic acids is 1. The van der Waals surface area contributed by atoms with Gasteiger partial charge in [-0.15, -0.1) is 0 Å². The molecule has 0 bridgehead atoms. The fraction of sp³-hybridized carbons (Fsp3) is 0.929. The van der Waals surface area contributed by atoms with Crippen LogP contribution in [0.2, 0.25) is 0 Å². The van der Waals surface area contributed by atoms with Crippen molar-refractivity contribution in [1.29, 1.82) is 0 Å². The minimum absolute atomic E-state index is 0.493. The Balaban J connectivity index is 2.03. The zero-order valence-corrected chi connectivity index (χ0v) is 11.5. The summed E-state index contributed by atoms with van der Waals surface area (Å²) in [6, 6.07) is 0.511. The maximum absolute atomic E-state index is 11.6. The first-order valence-electron chi connectivity index (χ1n) is 7.14. The van der Waals surface area contributed by atoms with Crippen molar-refractivity contribution >= 4 is 5.97 Å². The highest BCUT2D eigenvalue weighted by atomic mass is 16.5. The number of hydrogen-bond acceptors (Lipinski definition) is 3. The van der Waals surface area contributed by atoms with Gasteiger partial charge in [-0.25, -0.2) is 0 Å². The van der Waals surface area contributed by atoms with Gasteiger partial charge in [0.05, 0.1) is 12.0 Å². The number of carboxylic acid groups (broad SMARTS) is 1. The molecule has 0 amide bonds. The van der Waals surface area contributed by atoms with Crippen molar-refractivity contribution in [2.24, 2.45) is 11.3 Å². The monoisotopic (exact) mass is 255 g/mol. The van der Waals surface area contributed by atoms with Gasteiger partial charge < -0.3 is 9.84 Å². The van der Waals surface area contributed by atoms with Crippen LogP contribution in [0, 0.1) is 11.3 Å². The van der Waals surface area contributed by atoms with Crippen LogP contribution >= 0.6 is 0 Å². The molecule has 2 aliphatic rings. The predicted octanol–water partition coefficient (Wildman–Crippen LogP) is 1.99. The fourth-order valence-corrected chi connectivity index (χ4v) is 3.56. The molecule has 2 heterocycles. The quantitative estimate of drug-likeness (QED) is 0.834. The van der Waals surface area contributed by atoms with Crippen LogP contribution in [0.1, 0.15) is 39.5 Å². The van der Waals surface area contributed by atoms with Gasteiger partial charge in [-0.3, -0.25) is 9.69 Å². The Labute approximate surface area is 109 Å². The highest BCUT2D eigenvalue weighted by Gasteiger charge is 2.46. The molecule has 0 radical (unpaired) electrons. The highest BCUT2D eigenvalue weighted by molar-refractivity contribution is 5.75. The lowest BCUT2D eigenvalue weighted by molar-refractivity contribution is -0.149. The van der Waals surface area contributed by atoms with Gasteiger partial charge in [0.2, 0.25) is 0 Å². The summed E-state index contributed by atoms with van der Waals surface area (Å²) in [5.41, 5.74) is -0.493. The Bertz CT molecular complexity index is 307. The van der Waals surface area contributed by atoms with E-state index < -0.39 is 11.4 Å². The fourth-order valence-electron chi connectivity index (χ4n) is 3.56. The summed E-state index contributed by atoms with van der Waals surface area (Å²) in [5.74, 6) is -0.0865. The maximum Gasteiger partial charge on any atom is 0.310 e. The van der Waals surface area contributed by atoms with Crippen molar-refractivity contribution in [3.8, 4) is 0 Å². The van der Waals surface area contributed by atoms with Crippen molar-refractivity contribution < 1.29 is 14.6 Å². The Hall–Kier alpha value is -0.610. The van der Waals surface area contributed by atoms with E-state index in [-0.39, 0.29) is 0 Å². The van der Waals surface area contributed by atoms with Crippen LogP contribution in [0.4, 0.5) is 0 Å². The molecule has 2 fully saturated rings. The normalized spacial score (nSPS) is 37.9. The highest BCUT2D eigenvalue weighted by Crippen LogP contribution is 2.38. The van der Waals surface area contributed by atoms with Crippen molar-refractivity contribution in [3.63, 3.8) is 0 Å². The van der Waals surface area contributed by atoms with Crippen LogP contribution in [-0.2, 0) is 9.53 Å². The van der Waals surface area contributed by atoms with Gasteiger partial charge in [0.25, 0.3) is 0 Å². The second-order valence-electron chi connectivity index (χ2n) is 5.96. The van der Waals surface area contributed by atoms with Crippen LogP contribution in [0.5, 0.6) is 0 Å². The molecule has 3 unspecified atom stereocenters. The summed E-state index contributed by atoms with van der Waals surface area (Å²) in [6.07, 6.45) is 3.60. The molecule has 0 aromatic rings. The van der Waals surface area contributed by atoms with Crippen LogP contribution in [-0.4, -0.2) is 48.3 Å². The Kier molecular flexibility index (Phi) is 4.28. The molecular formula is C14H25NO3. The number of carbonyl (C=O) groups is 1. The van der Waals surface area contributed by atoms with Gasteiger partial charge in [-0.05, 0) is 31.7 Å². The first-order valence-corrected chi connectivity index (χ1v) is 7.14. The van der Waals surface area contributed by atoms with Crippen LogP contribution in [0.3, 0.4) is 0 Å². The van der Waals surface area contributed by atoms with Crippen molar-refractivity contribution in [2.45, 2.75) is 45.6 Å². The largest absolute Gasteiger partial charge is 0.481 e. The number of likely N-dealkylation sites (tertiary alicyclic amines) is 1. The zero-order chi connectivity index (χ0) is 13.2. The second kappa shape index (κ2) is 5.57. The minimum Gasteiger partial charge on any atom is -0.481 e. The average molecular weight is 255 g/mol. The Morgan fingerprint density at radius 1 is 1.56 bits per heavy atom. The van der Waals surface area contributed by atoms with Gasteiger partial charge in [0.1, 0.15) is 0 Å². The van der Waals surface area contributed by atoms with E-state index in [1.54, 1.807) is 0 Å².